The van der Waals surface area contributed by atoms with Crippen molar-refractivity contribution in [2.75, 3.05) is 0 Å². The molecule has 0 spiro atoms. The van der Waals surface area contributed by atoms with Gasteiger partial charge in [0.25, 0.3) is 0 Å². The first-order chi connectivity index (χ1) is 10.8. The highest BCUT2D eigenvalue weighted by Gasteiger charge is 2.30. The second kappa shape index (κ2) is 6.75. The van der Waals surface area contributed by atoms with E-state index in [1.54, 1.807) is 18.2 Å². The quantitative estimate of drug-likeness (QED) is 0.795. The predicted molar refractivity (Wildman–Crippen MR) is 80.2 cm³/mol. The van der Waals surface area contributed by atoms with E-state index in [4.69, 9.17) is 16.7 Å². The Bertz CT molecular complexity index is 737. The lowest BCUT2D eigenvalue weighted by Gasteiger charge is -2.11. The van der Waals surface area contributed by atoms with Gasteiger partial charge in [0.15, 0.2) is 0 Å². The van der Waals surface area contributed by atoms with Crippen molar-refractivity contribution in [3.05, 3.63) is 59.1 Å². The lowest BCUT2D eigenvalue weighted by molar-refractivity contribution is -0.274. The highest BCUT2D eigenvalue weighted by Crippen LogP contribution is 2.32. The summed E-state index contributed by atoms with van der Waals surface area (Å²) in [5.74, 6) is -1.48. The molecule has 2 aromatic rings. The summed E-state index contributed by atoms with van der Waals surface area (Å²) in [5, 5.41) is 9.05. The van der Waals surface area contributed by atoms with Crippen LogP contribution in [-0.2, 0) is 4.79 Å². The van der Waals surface area contributed by atoms with E-state index in [2.05, 4.69) is 4.74 Å². The summed E-state index contributed by atoms with van der Waals surface area (Å²) >= 11 is 6.06. The summed E-state index contributed by atoms with van der Waals surface area (Å²) in [6.07, 6.45) is -2.49. The first-order valence-corrected chi connectivity index (χ1v) is 6.70. The van der Waals surface area contributed by atoms with Gasteiger partial charge in [-0.25, -0.2) is 4.79 Å². The molecule has 0 amide bonds. The molecule has 7 heteroatoms. The molecule has 23 heavy (non-hydrogen) atoms. The number of hydrogen-bond donors (Lipinski definition) is 1. The molecular formula is C16H10ClF3O3. The Morgan fingerprint density at radius 3 is 2.35 bits per heavy atom. The van der Waals surface area contributed by atoms with Crippen molar-refractivity contribution in [3.8, 4) is 16.9 Å². The monoisotopic (exact) mass is 342 g/mol. The van der Waals surface area contributed by atoms with Crippen molar-refractivity contribution in [2.24, 2.45) is 0 Å². The van der Waals surface area contributed by atoms with Crippen LogP contribution >= 0.6 is 11.6 Å². The maximum Gasteiger partial charge on any atom is 0.573 e. The Balaban J connectivity index is 2.39. The lowest BCUT2D eigenvalue weighted by atomic mass is 9.99. The number of ether oxygens (including phenoxy) is 1. The third-order valence-electron chi connectivity index (χ3n) is 2.84. The van der Waals surface area contributed by atoms with E-state index in [0.717, 1.165) is 6.08 Å². The molecule has 3 nitrogen and oxygen atoms in total. The molecule has 2 aromatic carbocycles. The van der Waals surface area contributed by atoms with Crippen molar-refractivity contribution < 1.29 is 27.8 Å². The van der Waals surface area contributed by atoms with Gasteiger partial charge in [-0.1, -0.05) is 35.9 Å². The van der Waals surface area contributed by atoms with Crippen LogP contribution in [0.25, 0.3) is 17.2 Å². The van der Waals surface area contributed by atoms with E-state index in [-0.39, 0.29) is 5.75 Å². The van der Waals surface area contributed by atoms with Crippen LogP contribution in [0.3, 0.4) is 0 Å². The van der Waals surface area contributed by atoms with Crippen LogP contribution in [-0.4, -0.2) is 17.4 Å². The van der Waals surface area contributed by atoms with Crippen LogP contribution in [0.15, 0.2) is 48.5 Å². The average molecular weight is 343 g/mol. The molecule has 0 aromatic heterocycles. The molecule has 0 aliphatic rings. The molecule has 0 heterocycles. The van der Waals surface area contributed by atoms with Gasteiger partial charge in [0.05, 0.1) is 0 Å². The highest BCUT2D eigenvalue weighted by molar-refractivity contribution is 6.32. The van der Waals surface area contributed by atoms with Gasteiger partial charge in [-0.3, -0.25) is 0 Å². The van der Waals surface area contributed by atoms with Gasteiger partial charge >= 0.3 is 12.3 Å². The Morgan fingerprint density at radius 2 is 1.78 bits per heavy atom. The fraction of sp³-hybridized carbons (Fsp3) is 0.0625. The van der Waals surface area contributed by atoms with E-state index in [0.29, 0.717) is 21.7 Å². The van der Waals surface area contributed by atoms with Gasteiger partial charge in [0, 0.05) is 16.7 Å². The summed E-state index contributed by atoms with van der Waals surface area (Å²) in [7, 11) is 0. The zero-order valence-corrected chi connectivity index (χ0v) is 12.2. The van der Waals surface area contributed by atoms with E-state index < -0.39 is 12.3 Å². The molecule has 0 aliphatic carbocycles. The minimum Gasteiger partial charge on any atom is -0.478 e. The number of halogens is 4. The third-order valence-corrected chi connectivity index (χ3v) is 3.17. The van der Waals surface area contributed by atoms with Crippen LogP contribution < -0.4 is 4.74 Å². The first kappa shape index (κ1) is 16.9. The minimum absolute atomic E-state index is 0.329. The SMILES string of the molecule is O=C(O)/C=C/c1c(Cl)cccc1-c1ccc(OC(F)(F)F)cc1. The van der Waals surface area contributed by atoms with Gasteiger partial charge < -0.3 is 9.84 Å². The molecule has 0 saturated carbocycles. The molecule has 0 atom stereocenters. The fourth-order valence-electron chi connectivity index (χ4n) is 1.95. The van der Waals surface area contributed by atoms with E-state index in [1.165, 1.54) is 30.3 Å². The van der Waals surface area contributed by atoms with Crippen molar-refractivity contribution in [1.82, 2.24) is 0 Å². The number of aliphatic carboxylic acids is 1. The Kier molecular flexibility index (Phi) is 4.95. The maximum absolute atomic E-state index is 12.2. The molecule has 1 N–H and O–H groups in total. The molecular weight excluding hydrogens is 333 g/mol. The van der Waals surface area contributed by atoms with E-state index >= 15 is 0 Å². The van der Waals surface area contributed by atoms with Gasteiger partial charge in [0.2, 0.25) is 0 Å². The number of hydrogen-bond acceptors (Lipinski definition) is 2. The van der Waals surface area contributed by atoms with Crippen LogP contribution in [0.1, 0.15) is 5.56 Å². The second-order valence-electron chi connectivity index (χ2n) is 4.44. The highest BCUT2D eigenvalue weighted by atomic mass is 35.5. The molecule has 0 radical (unpaired) electrons. The molecule has 0 unspecified atom stereocenters. The van der Waals surface area contributed by atoms with Crippen molar-refractivity contribution >= 4 is 23.6 Å². The molecule has 0 fully saturated rings. The summed E-state index contributed by atoms with van der Waals surface area (Å²) in [6, 6.07) is 10.2. The summed E-state index contributed by atoms with van der Waals surface area (Å²) < 4.78 is 40.3. The summed E-state index contributed by atoms with van der Waals surface area (Å²) in [4.78, 5) is 10.7. The number of rotatable bonds is 4. The van der Waals surface area contributed by atoms with E-state index in [9.17, 15) is 18.0 Å². The van der Waals surface area contributed by atoms with Gasteiger partial charge in [-0.2, -0.15) is 0 Å². The van der Waals surface area contributed by atoms with E-state index in [1.807, 2.05) is 0 Å². The van der Waals surface area contributed by atoms with Gasteiger partial charge in [-0.05, 0) is 35.4 Å². The Morgan fingerprint density at radius 1 is 1.13 bits per heavy atom. The molecule has 0 aliphatic heterocycles. The average Bonchev–Trinajstić information content (AvgIpc) is 2.45. The zero-order valence-electron chi connectivity index (χ0n) is 11.5. The zero-order chi connectivity index (χ0) is 17.0. The van der Waals surface area contributed by atoms with Gasteiger partial charge in [0.1, 0.15) is 5.75 Å². The number of benzene rings is 2. The van der Waals surface area contributed by atoms with Crippen LogP contribution in [0.4, 0.5) is 13.2 Å². The fourth-order valence-corrected chi connectivity index (χ4v) is 2.19. The second-order valence-corrected chi connectivity index (χ2v) is 4.85. The van der Waals surface area contributed by atoms with Crippen LogP contribution in [0.5, 0.6) is 5.75 Å². The maximum atomic E-state index is 12.2. The van der Waals surface area contributed by atoms with Crippen molar-refractivity contribution in [2.45, 2.75) is 6.36 Å². The minimum atomic E-state index is -4.76. The summed E-state index contributed by atoms with van der Waals surface area (Å²) in [6.45, 7) is 0. The first-order valence-electron chi connectivity index (χ1n) is 6.32. The Hall–Kier alpha value is -2.47. The smallest absolute Gasteiger partial charge is 0.478 e. The lowest BCUT2D eigenvalue weighted by Crippen LogP contribution is -2.16. The largest absolute Gasteiger partial charge is 0.573 e. The van der Waals surface area contributed by atoms with Crippen LogP contribution in [0, 0.1) is 0 Å². The normalized spacial score (nSPS) is 11.7. The van der Waals surface area contributed by atoms with Crippen molar-refractivity contribution in [1.29, 1.82) is 0 Å². The molecule has 2 rings (SSSR count). The molecule has 120 valence electrons. The van der Waals surface area contributed by atoms with Gasteiger partial charge in [-0.15, -0.1) is 13.2 Å². The standard InChI is InChI=1S/C16H10ClF3O3/c17-14-3-1-2-12(13(14)8-9-15(21)22)10-4-6-11(7-5-10)23-16(18,19)20/h1-9H,(H,21,22)/b9-8+. The predicted octanol–water partition coefficient (Wildman–Crippen LogP) is 5.00. The van der Waals surface area contributed by atoms with Crippen LogP contribution in [0.2, 0.25) is 5.02 Å². The molecule has 0 saturated heterocycles. The van der Waals surface area contributed by atoms with Crippen molar-refractivity contribution in [3.63, 3.8) is 0 Å². The number of carboxylic acid groups (broad SMARTS) is 1. The topological polar surface area (TPSA) is 46.5 Å². The Labute approximate surface area is 134 Å². The summed E-state index contributed by atoms with van der Waals surface area (Å²) in [5.41, 5.74) is 1.63. The number of carbonyl (C=O) groups is 1. The third kappa shape index (κ3) is 4.75. The number of alkyl halides is 3. The molecule has 0 bridgehead atoms. The number of carboxylic acids is 1.